The van der Waals surface area contributed by atoms with Crippen LogP contribution in [0.5, 0.6) is 0 Å². The molecule has 0 saturated carbocycles. The summed E-state index contributed by atoms with van der Waals surface area (Å²) in [5.74, 6) is 0. The Bertz CT molecular complexity index is 823. The zero-order valence-electron chi connectivity index (χ0n) is 11.5. The van der Waals surface area contributed by atoms with E-state index in [4.69, 9.17) is 23.2 Å². The number of benzene rings is 1. The van der Waals surface area contributed by atoms with Gasteiger partial charge < -0.3 is 0 Å². The molecule has 0 atom stereocenters. The van der Waals surface area contributed by atoms with E-state index >= 15 is 0 Å². The smallest absolute Gasteiger partial charge is 0.206 e. The van der Waals surface area contributed by atoms with E-state index in [9.17, 15) is 16.8 Å². The number of sulfonamides is 2. The van der Waals surface area contributed by atoms with E-state index in [1.165, 1.54) is 36.4 Å². The van der Waals surface area contributed by atoms with Gasteiger partial charge in [-0.3, -0.25) is 0 Å². The largest absolute Gasteiger partial charge is 0.253 e. The lowest BCUT2D eigenvalue weighted by atomic mass is 10.4. The van der Waals surface area contributed by atoms with Crippen molar-refractivity contribution < 1.29 is 16.8 Å². The minimum Gasteiger partial charge on any atom is -0.206 e. The second kappa shape index (κ2) is 7.43. The second-order valence-electron chi connectivity index (χ2n) is 4.02. The van der Waals surface area contributed by atoms with Gasteiger partial charge in [0.1, 0.15) is 0 Å². The van der Waals surface area contributed by atoms with Gasteiger partial charge in [-0.25, -0.2) is 16.8 Å². The van der Waals surface area contributed by atoms with E-state index < -0.39 is 25.0 Å². The molecular weight excluding hydrogens is 369 g/mol. The highest BCUT2D eigenvalue weighted by molar-refractivity contribution is 8.06. The number of hydrogen-bond donors (Lipinski definition) is 1. The van der Waals surface area contributed by atoms with E-state index in [0.717, 1.165) is 6.08 Å². The van der Waals surface area contributed by atoms with E-state index in [1.54, 1.807) is 11.1 Å². The van der Waals surface area contributed by atoms with E-state index in [-0.39, 0.29) is 9.93 Å². The Balaban J connectivity index is 3.03. The molecule has 0 spiro atoms. The lowest BCUT2D eigenvalue weighted by Gasteiger charge is -2.08. The standard InChI is InChI=1S/C13H13Cl2NO4S2/c1-3-11(14)5-4-10(2)21(17,18)16-22(19,20)13-8-6-12(15)7-9-13/h3-9,16H,2H2,1H3/b5-4-,11-3+. The highest BCUT2D eigenvalue weighted by atomic mass is 35.5. The third kappa shape index (κ3) is 5.26. The van der Waals surface area contributed by atoms with Crippen LogP contribution in [0.3, 0.4) is 0 Å². The summed E-state index contributed by atoms with van der Waals surface area (Å²) >= 11 is 11.3. The van der Waals surface area contributed by atoms with Gasteiger partial charge >= 0.3 is 0 Å². The fourth-order valence-electron chi connectivity index (χ4n) is 1.22. The second-order valence-corrected chi connectivity index (χ2v) is 8.57. The van der Waals surface area contributed by atoms with Crippen molar-refractivity contribution in [3.63, 3.8) is 0 Å². The first-order valence-electron chi connectivity index (χ1n) is 5.81. The highest BCUT2D eigenvalue weighted by Gasteiger charge is 2.24. The van der Waals surface area contributed by atoms with Crippen LogP contribution in [0.15, 0.2) is 63.9 Å². The van der Waals surface area contributed by atoms with E-state index in [1.807, 2.05) is 0 Å². The first kappa shape index (κ1) is 18.9. The number of nitrogens with one attached hydrogen (secondary N) is 1. The van der Waals surface area contributed by atoms with Gasteiger partial charge in [0, 0.05) is 10.1 Å². The van der Waals surface area contributed by atoms with Crippen LogP contribution >= 0.6 is 23.2 Å². The number of allylic oxidation sites excluding steroid dienone is 4. The summed E-state index contributed by atoms with van der Waals surface area (Å²) in [7, 11) is -8.58. The monoisotopic (exact) mass is 381 g/mol. The zero-order chi connectivity index (χ0) is 17.0. The fraction of sp³-hybridized carbons (Fsp3) is 0.0769. The predicted molar refractivity (Wildman–Crippen MR) is 88.6 cm³/mol. The van der Waals surface area contributed by atoms with Crippen LogP contribution in [0.2, 0.25) is 5.02 Å². The van der Waals surface area contributed by atoms with Gasteiger partial charge in [-0.1, -0.05) is 35.9 Å². The molecule has 1 aromatic rings. The maximum absolute atomic E-state index is 12.0. The molecule has 0 aromatic heterocycles. The lowest BCUT2D eigenvalue weighted by Crippen LogP contribution is -2.31. The van der Waals surface area contributed by atoms with Crippen molar-refractivity contribution in [1.82, 2.24) is 4.13 Å². The Labute approximate surface area is 140 Å². The normalized spacial score (nSPS) is 13.5. The molecule has 0 amide bonds. The molecule has 5 nitrogen and oxygen atoms in total. The first-order chi connectivity index (χ1) is 10.1. The Kier molecular flexibility index (Phi) is 6.39. The fourth-order valence-corrected chi connectivity index (χ4v) is 4.12. The van der Waals surface area contributed by atoms with Gasteiger partial charge in [-0.15, -0.1) is 4.13 Å². The third-order valence-electron chi connectivity index (χ3n) is 2.39. The van der Waals surface area contributed by atoms with Crippen LogP contribution in [-0.2, 0) is 20.0 Å². The zero-order valence-corrected chi connectivity index (χ0v) is 14.6. The summed E-state index contributed by atoms with van der Waals surface area (Å²) in [5.41, 5.74) is 0. The topological polar surface area (TPSA) is 80.3 Å². The van der Waals surface area contributed by atoms with Crippen LogP contribution in [0.1, 0.15) is 6.92 Å². The molecule has 0 fully saturated rings. The maximum atomic E-state index is 12.0. The highest BCUT2D eigenvalue weighted by Crippen LogP contribution is 2.16. The molecule has 0 aliphatic rings. The SMILES string of the molecule is C=C(/C=C\C(Cl)=C/C)S(=O)(=O)NS(=O)(=O)c1ccc(Cl)cc1. The average molecular weight is 382 g/mol. The first-order valence-corrected chi connectivity index (χ1v) is 9.54. The van der Waals surface area contributed by atoms with Gasteiger partial charge in [0.25, 0.3) is 20.0 Å². The molecule has 0 bridgehead atoms. The molecular formula is C13H13Cl2NO4S2. The predicted octanol–water partition coefficient (Wildman–Crippen LogP) is 3.16. The van der Waals surface area contributed by atoms with Gasteiger partial charge in [0.2, 0.25) is 0 Å². The molecule has 0 heterocycles. The van der Waals surface area contributed by atoms with Crippen molar-refractivity contribution >= 4 is 43.2 Å². The van der Waals surface area contributed by atoms with Crippen molar-refractivity contribution in [3.05, 3.63) is 64.0 Å². The third-order valence-corrected chi connectivity index (χ3v) is 6.46. The van der Waals surface area contributed by atoms with Gasteiger partial charge in [0.05, 0.1) is 9.80 Å². The Morgan fingerprint density at radius 1 is 1.14 bits per heavy atom. The molecule has 0 unspecified atom stereocenters. The summed E-state index contributed by atoms with van der Waals surface area (Å²) in [5, 5.41) is 0.618. The van der Waals surface area contributed by atoms with E-state index in [0.29, 0.717) is 5.02 Å². The molecule has 1 rings (SSSR count). The molecule has 120 valence electrons. The van der Waals surface area contributed by atoms with Crippen LogP contribution in [-0.4, -0.2) is 16.8 Å². The number of hydrogen-bond acceptors (Lipinski definition) is 4. The van der Waals surface area contributed by atoms with Crippen LogP contribution in [0.25, 0.3) is 0 Å². The quantitative estimate of drug-likeness (QED) is 0.767. The molecule has 22 heavy (non-hydrogen) atoms. The van der Waals surface area contributed by atoms with Gasteiger partial charge in [0.15, 0.2) is 0 Å². The Morgan fingerprint density at radius 2 is 1.68 bits per heavy atom. The minimum absolute atomic E-state index is 0.233. The average Bonchev–Trinajstić information content (AvgIpc) is 2.43. The molecule has 0 aliphatic heterocycles. The van der Waals surface area contributed by atoms with Gasteiger partial charge in [-0.2, -0.15) is 0 Å². The van der Waals surface area contributed by atoms with Crippen molar-refractivity contribution in [2.75, 3.05) is 0 Å². The minimum atomic E-state index is -4.32. The van der Waals surface area contributed by atoms with E-state index in [2.05, 4.69) is 6.58 Å². The van der Waals surface area contributed by atoms with Crippen LogP contribution < -0.4 is 4.13 Å². The Hall–Kier alpha value is -1.12. The molecule has 0 aliphatic carbocycles. The molecule has 0 saturated heterocycles. The summed E-state index contributed by atoms with van der Waals surface area (Å²) in [6, 6.07) is 5.05. The van der Waals surface area contributed by atoms with Crippen molar-refractivity contribution in [2.45, 2.75) is 11.8 Å². The molecule has 1 aromatic carbocycles. The summed E-state index contributed by atoms with van der Waals surface area (Å²) < 4.78 is 49.6. The summed E-state index contributed by atoms with van der Waals surface area (Å²) in [6.07, 6.45) is 3.93. The Morgan fingerprint density at radius 3 is 2.18 bits per heavy atom. The number of rotatable bonds is 6. The van der Waals surface area contributed by atoms with Gasteiger partial charge in [-0.05, 0) is 43.3 Å². The molecule has 0 radical (unpaired) electrons. The van der Waals surface area contributed by atoms with Crippen LogP contribution in [0, 0.1) is 0 Å². The van der Waals surface area contributed by atoms with Crippen molar-refractivity contribution in [2.24, 2.45) is 0 Å². The summed E-state index contributed by atoms with van der Waals surface area (Å²) in [6.45, 7) is 4.98. The molecule has 1 N–H and O–H groups in total. The summed E-state index contributed by atoms with van der Waals surface area (Å²) in [4.78, 5) is -0.672. The maximum Gasteiger partial charge on any atom is 0.253 e. The number of halogens is 2. The lowest BCUT2D eigenvalue weighted by molar-refractivity contribution is 0.580. The van der Waals surface area contributed by atoms with Crippen molar-refractivity contribution in [1.29, 1.82) is 0 Å². The molecule has 9 heteroatoms. The van der Waals surface area contributed by atoms with Crippen LogP contribution in [0.4, 0.5) is 0 Å². The van der Waals surface area contributed by atoms with Crippen molar-refractivity contribution in [3.8, 4) is 0 Å².